The summed E-state index contributed by atoms with van der Waals surface area (Å²) in [5.41, 5.74) is 2.99. The number of nitrogens with zero attached hydrogens (tertiary/aromatic N) is 3. The molecule has 3 nitrogen and oxygen atoms in total. The average Bonchev–Trinajstić information content (AvgIpc) is 2.65. The topological polar surface area (TPSA) is 30.2 Å². The van der Waals surface area contributed by atoms with Gasteiger partial charge in [-0.25, -0.2) is 9.97 Å². The molecule has 64 valence electrons. The smallest absolute Gasteiger partial charge is 0.156 e. The number of rotatable bonds is 0. The summed E-state index contributed by atoms with van der Waals surface area (Å²) in [5, 5.41) is 2.05. The minimum absolute atomic E-state index is 0.924. The van der Waals surface area contributed by atoms with Crippen LogP contribution < -0.4 is 0 Å². The fraction of sp³-hybridized carbons (Fsp3) is 0.111. The van der Waals surface area contributed by atoms with Crippen LogP contribution in [0.3, 0.4) is 0 Å². The van der Waals surface area contributed by atoms with Gasteiger partial charge < -0.3 is 0 Å². The molecule has 0 fully saturated rings. The molecule has 0 aliphatic heterocycles. The van der Waals surface area contributed by atoms with Crippen LogP contribution in [0.2, 0.25) is 0 Å². The summed E-state index contributed by atoms with van der Waals surface area (Å²) in [6.45, 7) is 1.99. The number of aryl methyl sites for hydroxylation is 1. The van der Waals surface area contributed by atoms with Crippen molar-refractivity contribution in [1.29, 1.82) is 0 Å². The Morgan fingerprint density at radius 2 is 2.38 bits per heavy atom. The van der Waals surface area contributed by atoms with Crippen molar-refractivity contribution in [2.24, 2.45) is 0 Å². The lowest BCUT2D eigenvalue weighted by Crippen LogP contribution is -1.84. The van der Waals surface area contributed by atoms with Gasteiger partial charge in [0.25, 0.3) is 0 Å². The maximum absolute atomic E-state index is 4.35. The molecule has 4 heteroatoms. The summed E-state index contributed by atoms with van der Waals surface area (Å²) in [6, 6.07) is 2.02. The Labute approximate surface area is 78.7 Å². The summed E-state index contributed by atoms with van der Waals surface area (Å²) < 4.78 is 2.09. The van der Waals surface area contributed by atoms with E-state index in [0.29, 0.717) is 0 Å². The highest BCUT2D eigenvalue weighted by molar-refractivity contribution is 7.16. The minimum Gasteiger partial charge on any atom is -0.288 e. The van der Waals surface area contributed by atoms with E-state index < -0.39 is 0 Å². The molecule has 0 aromatic carbocycles. The van der Waals surface area contributed by atoms with Gasteiger partial charge in [0.15, 0.2) is 5.65 Å². The van der Waals surface area contributed by atoms with Gasteiger partial charge in [0, 0.05) is 6.20 Å². The van der Waals surface area contributed by atoms with Crippen LogP contribution in [-0.4, -0.2) is 14.4 Å². The molecule has 0 N–H and O–H groups in total. The second-order valence-electron chi connectivity index (χ2n) is 2.98. The van der Waals surface area contributed by atoms with E-state index >= 15 is 0 Å². The Bertz CT molecular complexity index is 579. The van der Waals surface area contributed by atoms with E-state index in [4.69, 9.17) is 0 Å². The molecule has 0 aliphatic rings. The van der Waals surface area contributed by atoms with Crippen molar-refractivity contribution >= 4 is 27.3 Å². The van der Waals surface area contributed by atoms with E-state index in [9.17, 15) is 0 Å². The third kappa shape index (κ3) is 0.890. The highest BCUT2D eigenvalue weighted by Crippen LogP contribution is 2.19. The molecule has 13 heavy (non-hydrogen) atoms. The highest BCUT2D eigenvalue weighted by atomic mass is 32.1. The molecule has 3 aromatic rings. The summed E-state index contributed by atoms with van der Waals surface area (Å²) >= 11 is 1.69. The van der Waals surface area contributed by atoms with E-state index in [1.165, 1.54) is 0 Å². The van der Waals surface area contributed by atoms with E-state index in [1.54, 1.807) is 11.3 Å². The molecule has 0 bridgehead atoms. The van der Waals surface area contributed by atoms with Crippen LogP contribution in [0.4, 0.5) is 0 Å². The standard InChI is InChI=1S/C9H7N3S/c1-6-5-12-8(11-6)4-10-7-2-3-13-9(7)12/h2-5H,1H3. The Balaban J connectivity index is 2.64. The van der Waals surface area contributed by atoms with Crippen LogP contribution in [-0.2, 0) is 0 Å². The van der Waals surface area contributed by atoms with E-state index in [-0.39, 0.29) is 0 Å². The molecule has 0 amide bonds. The Kier molecular flexibility index (Phi) is 1.24. The van der Waals surface area contributed by atoms with Crippen LogP contribution >= 0.6 is 11.3 Å². The Morgan fingerprint density at radius 3 is 3.31 bits per heavy atom. The molecule has 0 aliphatic carbocycles. The van der Waals surface area contributed by atoms with Crippen molar-refractivity contribution in [3.05, 3.63) is 29.5 Å². The van der Waals surface area contributed by atoms with Crippen LogP contribution in [0.1, 0.15) is 5.69 Å². The number of hydrogen-bond acceptors (Lipinski definition) is 3. The fourth-order valence-electron chi connectivity index (χ4n) is 1.47. The highest BCUT2D eigenvalue weighted by Gasteiger charge is 2.03. The number of aromatic nitrogens is 3. The van der Waals surface area contributed by atoms with Crippen molar-refractivity contribution in [2.75, 3.05) is 0 Å². The third-order valence-corrected chi connectivity index (χ3v) is 2.92. The predicted molar refractivity (Wildman–Crippen MR) is 53.1 cm³/mol. The Hall–Kier alpha value is -1.42. The monoisotopic (exact) mass is 189 g/mol. The van der Waals surface area contributed by atoms with E-state index in [2.05, 4.69) is 14.4 Å². The molecule has 3 heterocycles. The molecule has 3 rings (SSSR count). The maximum Gasteiger partial charge on any atom is 0.156 e. The molecule has 0 spiro atoms. The number of fused-ring (bicyclic) bond motifs is 3. The zero-order valence-electron chi connectivity index (χ0n) is 7.06. The van der Waals surface area contributed by atoms with Crippen LogP contribution in [0.5, 0.6) is 0 Å². The lowest BCUT2D eigenvalue weighted by molar-refractivity contribution is 1.23. The van der Waals surface area contributed by atoms with Gasteiger partial charge in [-0.05, 0) is 18.4 Å². The van der Waals surface area contributed by atoms with Crippen molar-refractivity contribution < 1.29 is 0 Å². The molecule has 0 saturated heterocycles. The second kappa shape index (κ2) is 2.29. The van der Waals surface area contributed by atoms with Gasteiger partial charge in [-0.15, -0.1) is 11.3 Å². The van der Waals surface area contributed by atoms with Crippen molar-refractivity contribution in [3.8, 4) is 0 Å². The van der Waals surface area contributed by atoms with Gasteiger partial charge in [-0.3, -0.25) is 4.40 Å². The van der Waals surface area contributed by atoms with Crippen LogP contribution in [0, 0.1) is 6.92 Å². The molecule has 0 unspecified atom stereocenters. The quantitative estimate of drug-likeness (QED) is 0.543. The molecule has 3 aromatic heterocycles. The van der Waals surface area contributed by atoms with Gasteiger partial charge in [0.1, 0.15) is 4.83 Å². The minimum atomic E-state index is 0.924. The zero-order valence-corrected chi connectivity index (χ0v) is 7.88. The maximum atomic E-state index is 4.35. The molecular weight excluding hydrogens is 182 g/mol. The van der Waals surface area contributed by atoms with Crippen molar-refractivity contribution in [2.45, 2.75) is 6.92 Å². The third-order valence-electron chi connectivity index (χ3n) is 2.02. The van der Waals surface area contributed by atoms with Crippen molar-refractivity contribution in [3.63, 3.8) is 0 Å². The summed E-state index contributed by atoms with van der Waals surface area (Å²) in [5.74, 6) is 0. The number of thiophene rings is 1. The first-order chi connectivity index (χ1) is 6.34. The number of imidazole rings is 1. The fourth-order valence-corrected chi connectivity index (χ4v) is 2.30. The van der Waals surface area contributed by atoms with Crippen molar-refractivity contribution in [1.82, 2.24) is 14.4 Å². The normalized spacial score (nSPS) is 11.5. The Morgan fingerprint density at radius 1 is 1.46 bits per heavy atom. The van der Waals surface area contributed by atoms with Gasteiger partial charge in [-0.2, -0.15) is 0 Å². The van der Waals surface area contributed by atoms with E-state index in [0.717, 1.165) is 21.7 Å². The second-order valence-corrected chi connectivity index (χ2v) is 3.87. The van der Waals surface area contributed by atoms with Gasteiger partial charge in [0.05, 0.1) is 17.4 Å². The first-order valence-corrected chi connectivity index (χ1v) is 4.90. The van der Waals surface area contributed by atoms with Crippen LogP contribution in [0.25, 0.3) is 16.0 Å². The lowest BCUT2D eigenvalue weighted by atomic mass is 10.5. The number of hydrogen-bond donors (Lipinski definition) is 0. The molecule has 0 saturated carbocycles. The molecular formula is C9H7N3S. The average molecular weight is 189 g/mol. The van der Waals surface area contributed by atoms with Gasteiger partial charge in [0.2, 0.25) is 0 Å². The van der Waals surface area contributed by atoms with Gasteiger partial charge >= 0.3 is 0 Å². The largest absolute Gasteiger partial charge is 0.288 e. The van der Waals surface area contributed by atoms with Gasteiger partial charge in [-0.1, -0.05) is 0 Å². The summed E-state index contributed by atoms with van der Waals surface area (Å²) in [4.78, 5) is 9.82. The predicted octanol–water partition coefficient (Wildman–Crippen LogP) is 2.25. The zero-order chi connectivity index (χ0) is 8.84. The lowest BCUT2D eigenvalue weighted by Gasteiger charge is -1.92. The van der Waals surface area contributed by atoms with E-state index in [1.807, 2.05) is 30.8 Å². The SMILES string of the molecule is Cc1cn2c(cnc3ccsc32)n1. The summed E-state index contributed by atoms with van der Waals surface area (Å²) in [6.07, 6.45) is 3.85. The van der Waals surface area contributed by atoms with Crippen LogP contribution in [0.15, 0.2) is 23.8 Å². The molecule has 0 atom stereocenters. The molecule has 0 radical (unpaired) electrons. The summed E-state index contributed by atoms with van der Waals surface area (Å²) in [7, 11) is 0. The first-order valence-electron chi connectivity index (χ1n) is 4.02. The first kappa shape index (κ1) is 7.03.